The van der Waals surface area contributed by atoms with Gasteiger partial charge in [-0.1, -0.05) is 26.3 Å². The Bertz CT molecular complexity index is 462. The summed E-state index contributed by atoms with van der Waals surface area (Å²) in [7, 11) is 0. The number of hydrogen-bond donors (Lipinski definition) is 2. The lowest BCUT2D eigenvalue weighted by atomic mass is 10.2. The van der Waals surface area contributed by atoms with Crippen LogP contribution in [0.1, 0.15) is 28.7 Å². The van der Waals surface area contributed by atoms with Gasteiger partial charge in [-0.3, -0.25) is 0 Å². The molecule has 1 heterocycles. The zero-order valence-electron chi connectivity index (χ0n) is 8.85. The summed E-state index contributed by atoms with van der Waals surface area (Å²) < 4.78 is 0. The Balaban J connectivity index is 0. The summed E-state index contributed by atoms with van der Waals surface area (Å²) in [5.41, 5.74) is 2.73. The quantitative estimate of drug-likeness (QED) is 0.668. The number of fused-ring (bicyclic) bond motifs is 1. The van der Waals surface area contributed by atoms with E-state index in [4.69, 9.17) is 0 Å². The Kier molecular flexibility index (Phi) is 3.51. The minimum Gasteiger partial charge on any atom is -0.306 e. The second-order valence-electron chi connectivity index (χ2n) is 3.34. The molecule has 0 unspecified atom stereocenters. The number of nitrogens with one attached hydrogen (secondary N) is 2. The highest BCUT2D eigenvalue weighted by Crippen LogP contribution is 2.08. The zero-order chi connectivity index (χ0) is 10.6. The summed E-state index contributed by atoms with van der Waals surface area (Å²) in [6.07, 6.45) is 1.25. The fourth-order valence-electron chi connectivity index (χ4n) is 1.15. The van der Waals surface area contributed by atoms with E-state index in [1.165, 1.54) is 6.42 Å². The second-order valence-corrected chi connectivity index (χ2v) is 3.34. The van der Waals surface area contributed by atoms with Crippen LogP contribution >= 0.6 is 0 Å². The van der Waals surface area contributed by atoms with E-state index >= 15 is 0 Å². The van der Waals surface area contributed by atoms with Crippen LogP contribution in [-0.2, 0) is 0 Å². The highest BCUT2D eigenvalue weighted by molar-refractivity contribution is 5.74. The molecule has 0 saturated heterocycles. The van der Waals surface area contributed by atoms with Crippen molar-refractivity contribution in [1.29, 1.82) is 0 Å². The van der Waals surface area contributed by atoms with Crippen LogP contribution in [0.5, 0.6) is 0 Å². The summed E-state index contributed by atoms with van der Waals surface area (Å²) >= 11 is 0. The minimum atomic E-state index is -0.148. The Morgan fingerprint density at radius 1 is 1.21 bits per heavy atom. The average Bonchev–Trinajstić information content (AvgIpc) is 2.45. The molecule has 3 heteroatoms. The number of aromatic nitrogens is 2. The van der Waals surface area contributed by atoms with Gasteiger partial charge < -0.3 is 9.97 Å². The van der Waals surface area contributed by atoms with Crippen LogP contribution in [0.3, 0.4) is 0 Å². The van der Waals surface area contributed by atoms with Crippen LogP contribution in [0.25, 0.3) is 11.0 Å². The van der Waals surface area contributed by atoms with E-state index in [-0.39, 0.29) is 8.54 Å². The van der Waals surface area contributed by atoms with Gasteiger partial charge in [0.2, 0.25) is 0 Å². The first kappa shape index (κ1) is 10.6. The van der Waals surface area contributed by atoms with E-state index in [0.717, 1.165) is 16.6 Å². The van der Waals surface area contributed by atoms with Crippen molar-refractivity contribution in [3.8, 4) is 0 Å². The molecule has 0 aliphatic carbocycles. The molecule has 0 radical (unpaired) electrons. The van der Waals surface area contributed by atoms with Crippen molar-refractivity contribution in [1.82, 2.24) is 9.97 Å². The number of aryl methyl sites for hydroxylation is 1. The van der Waals surface area contributed by atoms with Gasteiger partial charge in [-0.15, -0.1) is 0 Å². The standard InChI is InChI=1S/C8H8N2O.C3H8.2H2/c1-5-2-3-6-7(4-5)10-8(11)9-6;1-3-2;;/h2-4H,1H3,(H2,9,10,11);3H2,1-2H3;2*1H. The molecule has 3 nitrogen and oxygen atoms in total. The molecule has 0 saturated carbocycles. The maximum atomic E-state index is 10.8. The molecule has 2 N–H and O–H groups in total. The van der Waals surface area contributed by atoms with E-state index < -0.39 is 0 Å². The van der Waals surface area contributed by atoms with E-state index in [0.29, 0.717) is 0 Å². The Morgan fingerprint density at radius 3 is 2.43 bits per heavy atom. The first-order valence-electron chi connectivity index (χ1n) is 4.86. The molecule has 0 atom stereocenters. The van der Waals surface area contributed by atoms with Gasteiger partial charge in [-0.2, -0.15) is 0 Å². The number of benzene rings is 1. The molecule has 1 aromatic carbocycles. The van der Waals surface area contributed by atoms with Crippen LogP contribution in [-0.4, -0.2) is 9.97 Å². The summed E-state index contributed by atoms with van der Waals surface area (Å²) in [6.45, 7) is 6.24. The van der Waals surface area contributed by atoms with Crippen LogP contribution in [0.4, 0.5) is 0 Å². The van der Waals surface area contributed by atoms with Gasteiger partial charge in [0.15, 0.2) is 0 Å². The van der Waals surface area contributed by atoms with E-state index in [1.807, 2.05) is 25.1 Å². The molecule has 14 heavy (non-hydrogen) atoms. The number of hydrogen-bond acceptors (Lipinski definition) is 1. The molecule has 80 valence electrons. The average molecular weight is 196 g/mol. The maximum Gasteiger partial charge on any atom is 0.323 e. The van der Waals surface area contributed by atoms with Gasteiger partial charge in [-0.05, 0) is 24.6 Å². The first-order valence-corrected chi connectivity index (χ1v) is 4.86. The SMILES string of the molecule is CCC.Cc1ccc2[nH]c(=O)[nH]c2c1.[HH].[HH]. The molecule has 1 aromatic heterocycles. The fraction of sp³-hybridized carbons (Fsp3) is 0.364. The number of H-pyrrole nitrogens is 2. The van der Waals surface area contributed by atoms with Gasteiger partial charge >= 0.3 is 5.69 Å². The van der Waals surface area contributed by atoms with Crippen molar-refractivity contribution < 1.29 is 2.85 Å². The molecule has 0 fully saturated rings. The van der Waals surface area contributed by atoms with Gasteiger partial charge in [0.25, 0.3) is 0 Å². The van der Waals surface area contributed by atoms with Gasteiger partial charge in [-0.25, -0.2) is 4.79 Å². The molecule has 0 bridgehead atoms. The zero-order valence-corrected chi connectivity index (χ0v) is 8.85. The van der Waals surface area contributed by atoms with Crippen LogP contribution in [0, 0.1) is 6.92 Å². The Morgan fingerprint density at radius 2 is 1.79 bits per heavy atom. The molecular weight excluding hydrogens is 176 g/mol. The fourth-order valence-corrected chi connectivity index (χ4v) is 1.15. The normalized spacial score (nSPS) is 9.64. The molecule has 0 spiro atoms. The highest BCUT2D eigenvalue weighted by Gasteiger charge is 1.95. The van der Waals surface area contributed by atoms with Crippen LogP contribution < -0.4 is 5.69 Å². The Hall–Kier alpha value is -1.51. The largest absolute Gasteiger partial charge is 0.323 e. The maximum absolute atomic E-state index is 10.8. The molecule has 0 aliphatic rings. The van der Waals surface area contributed by atoms with Gasteiger partial charge in [0.1, 0.15) is 0 Å². The van der Waals surface area contributed by atoms with Crippen molar-refractivity contribution in [2.45, 2.75) is 27.2 Å². The van der Waals surface area contributed by atoms with Crippen molar-refractivity contribution in [3.05, 3.63) is 34.2 Å². The van der Waals surface area contributed by atoms with Crippen molar-refractivity contribution in [2.24, 2.45) is 0 Å². The third-order valence-electron chi connectivity index (χ3n) is 1.67. The minimum absolute atomic E-state index is 0. The predicted octanol–water partition coefficient (Wildman–Crippen LogP) is 3.07. The second kappa shape index (κ2) is 4.65. The van der Waals surface area contributed by atoms with E-state index in [2.05, 4.69) is 23.8 Å². The van der Waals surface area contributed by atoms with Crippen LogP contribution in [0.15, 0.2) is 23.0 Å². The summed E-state index contributed by atoms with van der Waals surface area (Å²) in [5.74, 6) is 0. The van der Waals surface area contributed by atoms with Gasteiger partial charge in [0, 0.05) is 2.85 Å². The number of aromatic amines is 2. The Labute approximate surface area is 86.1 Å². The van der Waals surface area contributed by atoms with E-state index in [9.17, 15) is 4.79 Å². The summed E-state index contributed by atoms with van der Waals surface area (Å²) in [5, 5.41) is 0. The number of rotatable bonds is 0. The van der Waals surface area contributed by atoms with Crippen molar-refractivity contribution >= 4 is 11.0 Å². The predicted molar refractivity (Wildman–Crippen MR) is 63.8 cm³/mol. The topological polar surface area (TPSA) is 48.6 Å². The highest BCUT2D eigenvalue weighted by atomic mass is 16.1. The molecule has 2 aromatic rings. The molecular formula is C11H20N2O. The summed E-state index contributed by atoms with van der Waals surface area (Å²) in [4.78, 5) is 16.2. The molecule has 2 rings (SSSR count). The molecule has 0 amide bonds. The monoisotopic (exact) mass is 196 g/mol. The van der Waals surface area contributed by atoms with Gasteiger partial charge in [0.05, 0.1) is 11.0 Å². The van der Waals surface area contributed by atoms with Crippen LogP contribution in [0.2, 0.25) is 0 Å². The lowest BCUT2D eigenvalue weighted by Gasteiger charge is -1.89. The smallest absolute Gasteiger partial charge is 0.306 e. The van der Waals surface area contributed by atoms with Crippen molar-refractivity contribution in [2.75, 3.05) is 0 Å². The van der Waals surface area contributed by atoms with Crippen molar-refractivity contribution in [3.63, 3.8) is 0 Å². The number of imidazole rings is 1. The third-order valence-corrected chi connectivity index (χ3v) is 1.67. The third kappa shape index (κ3) is 2.49. The van der Waals surface area contributed by atoms with E-state index in [1.54, 1.807) is 0 Å². The lowest BCUT2D eigenvalue weighted by Crippen LogP contribution is -1.99. The lowest BCUT2D eigenvalue weighted by molar-refractivity contribution is 1.09. The molecule has 0 aliphatic heterocycles. The first-order chi connectivity index (χ1) is 6.67. The summed E-state index contributed by atoms with van der Waals surface area (Å²) in [6, 6.07) is 5.79.